The Morgan fingerprint density at radius 2 is 1.68 bits per heavy atom. The highest BCUT2D eigenvalue weighted by Crippen LogP contribution is 2.29. The summed E-state index contributed by atoms with van der Waals surface area (Å²) in [5.41, 5.74) is 3.12. The van der Waals surface area contributed by atoms with Gasteiger partial charge in [0.05, 0.1) is 16.6 Å². The van der Waals surface area contributed by atoms with Crippen LogP contribution in [0.25, 0.3) is 11.0 Å². The second-order valence-corrected chi connectivity index (χ2v) is 8.90. The van der Waals surface area contributed by atoms with Gasteiger partial charge in [-0.05, 0) is 52.4 Å². The van der Waals surface area contributed by atoms with Crippen LogP contribution < -0.4 is 11.0 Å². The van der Waals surface area contributed by atoms with Gasteiger partial charge in [0.2, 0.25) is 0 Å². The van der Waals surface area contributed by atoms with E-state index in [2.05, 4.69) is 47.2 Å². The van der Waals surface area contributed by atoms with Crippen LogP contribution in [0.4, 0.5) is 0 Å². The van der Waals surface area contributed by atoms with Crippen molar-refractivity contribution in [2.24, 2.45) is 14.1 Å². The molecule has 0 aliphatic carbocycles. The van der Waals surface area contributed by atoms with E-state index in [4.69, 9.17) is 0 Å². The number of halogens is 1. The third-order valence-electron chi connectivity index (χ3n) is 5.35. The summed E-state index contributed by atoms with van der Waals surface area (Å²) in [6, 6.07) is 13.9. The first kappa shape index (κ1) is 20.4. The number of imidazole rings is 1. The highest BCUT2D eigenvalue weighted by molar-refractivity contribution is 9.10. The third-order valence-corrected chi connectivity index (χ3v) is 6.01. The normalized spacial score (nSPS) is 12.9. The molecule has 0 saturated heterocycles. The molecule has 1 N–H and O–H groups in total. The molecule has 0 aliphatic rings. The molecule has 1 unspecified atom stereocenters. The first-order valence-electron chi connectivity index (χ1n) is 9.33. The molecule has 5 nitrogen and oxygen atoms in total. The number of hydrogen-bond donors (Lipinski definition) is 1. The lowest BCUT2D eigenvalue weighted by molar-refractivity contribution is 0.0934. The van der Waals surface area contributed by atoms with Crippen LogP contribution in [0.3, 0.4) is 0 Å². The minimum Gasteiger partial charge on any atom is -0.350 e. The minimum atomic E-state index is -0.151. The largest absolute Gasteiger partial charge is 0.350 e. The Kier molecular flexibility index (Phi) is 5.53. The number of fused-ring (bicyclic) bond motifs is 1. The Hall–Kier alpha value is -2.34. The Labute approximate surface area is 173 Å². The lowest BCUT2D eigenvalue weighted by Crippen LogP contribution is -2.37. The van der Waals surface area contributed by atoms with Crippen LogP contribution in [0.1, 0.15) is 43.1 Å². The predicted octanol–water partition coefficient (Wildman–Crippen LogP) is 4.13. The fraction of sp³-hybridized carbons (Fsp3) is 0.364. The maximum absolute atomic E-state index is 12.9. The van der Waals surface area contributed by atoms with Crippen LogP contribution in [0.15, 0.2) is 51.7 Å². The van der Waals surface area contributed by atoms with Crippen molar-refractivity contribution in [3.8, 4) is 0 Å². The van der Waals surface area contributed by atoms with E-state index < -0.39 is 0 Å². The van der Waals surface area contributed by atoms with Gasteiger partial charge >= 0.3 is 5.69 Å². The molecule has 3 aromatic rings. The number of benzene rings is 2. The number of rotatable bonds is 5. The van der Waals surface area contributed by atoms with E-state index in [0.29, 0.717) is 10.0 Å². The second kappa shape index (κ2) is 7.59. The number of nitrogens with zero attached hydrogens (tertiary/aromatic N) is 2. The highest BCUT2D eigenvalue weighted by atomic mass is 79.9. The molecule has 2 aromatic carbocycles. The van der Waals surface area contributed by atoms with Gasteiger partial charge in [-0.1, -0.05) is 44.2 Å². The van der Waals surface area contributed by atoms with Gasteiger partial charge in [-0.3, -0.25) is 13.9 Å². The molecule has 0 fully saturated rings. The number of aromatic nitrogens is 2. The monoisotopic (exact) mass is 443 g/mol. The molecule has 0 bridgehead atoms. The zero-order chi connectivity index (χ0) is 20.6. The summed E-state index contributed by atoms with van der Waals surface area (Å²) in [6.45, 7) is 6.40. The summed E-state index contributed by atoms with van der Waals surface area (Å²) in [6.07, 6.45) is 0.812. The van der Waals surface area contributed by atoms with Gasteiger partial charge in [0.25, 0.3) is 5.91 Å². The van der Waals surface area contributed by atoms with Crippen LogP contribution in [-0.4, -0.2) is 21.1 Å². The second-order valence-electron chi connectivity index (χ2n) is 8.05. The standard InChI is InChI=1S/C22H26BrN3O2/c1-14(13-22(2,3)15-9-7-6-8-10-15)24-20(27)16-11-18-19(12-17(16)23)26(5)21(28)25(18)4/h6-12,14H,13H2,1-5H3,(H,24,27). The van der Waals surface area contributed by atoms with E-state index in [1.807, 2.05) is 31.2 Å². The first-order chi connectivity index (χ1) is 13.1. The van der Waals surface area contributed by atoms with Crippen LogP contribution in [0.2, 0.25) is 0 Å². The maximum Gasteiger partial charge on any atom is 0.328 e. The van der Waals surface area contributed by atoms with Crippen molar-refractivity contribution < 1.29 is 4.79 Å². The lowest BCUT2D eigenvalue weighted by Gasteiger charge is -2.29. The summed E-state index contributed by atoms with van der Waals surface area (Å²) in [7, 11) is 3.44. The molecular formula is C22H26BrN3O2. The van der Waals surface area contributed by atoms with Gasteiger partial charge in [-0.2, -0.15) is 0 Å². The average molecular weight is 444 g/mol. The number of amides is 1. The van der Waals surface area contributed by atoms with Crippen LogP contribution in [-0.2, 0) is 19.5 Å². The fourth-order valence-electron chi connectivity index (χ4n) is 3.82. The van der Waals surface area contributed by atoms with E-state index in [9.17, 15) is 9.59 Å². The van der Waals surface area contributed by atoms with Crippen molar-refractivity contribution in [3.63, 3.8) is 0 Å². The first-order valence-corrected chi connectivity index (χ1v) is 10.1. The van der Waals surface area contributed by atoms with Crippen LogP contribution in [0.5, 0.6) is 0 Å². The fourth-order valence-corrected chi connectivity index (χ4v) is 4.33. The zero-order valence-electron chi connectivity index (χ0n) is 16.9. The van der Waals surface area contributed by atoms with E-state index in [-0.39, 0.29) is 23.1 Å². The zero-order valence-corrected chi connectivity index (χ0v) is 18.5. The van der Waals surface area contributed by atoms with Crippen molar-refractivity contribution in [3.05, 3.63) is 68.5 Å². The molecule has 0 aliphatic heterocycles. The maximum atomic E-state index is 12.9. The van der Waals surface area contributed by atoms with Gasteiger partial charge in [0, 0.05) is 24.6 Å². The van der Waals surface area contributed by atoms with Crippen LogP contribution >= 0.6 is 15.9 Å². The van der Waals surface area contributed by atoms with Gasteiger partial charge in [0.15, 0.2) is 0 Å². The van der Waals surface area contributed by atoms with Gasteiger partial charge < -0.3 is 5.32 Å². The van der Waals surface area contributed by atoms with E-state index in [1.165, 1.54) is 5.56 Å². The summed E-state index contributed by atoms with van der Waals surface area (Å²) in [5, 5.41) is 3.11. The Morgan fingerprint density at radius 1 is 1.11 bits per heavy atom. The Balaban J connectivity index is 1.82. The van der Waals surface area contributed by atoms with E-state index in [0.717, 1.165) is 17.5 Å². The molecule has 148 valence electrons. The van der Waals surface area contributed by atoms with Gasteiger partial charge in [-0.25, -0.2) is 4.79 Å². The molecule has 1 heterocycles. The molecule has 1 aromatic heterocycles. The highest BCUT2D eigenvalue weighted by Gasteiger charge is 2.25. The SMILES string of the molecule is CC(CC(C)(C)c1ccccc1)NC(=O)c1cc2c(cc1Br)n(C)c(=O)n2C. The van der Waals surface area contributed by atoms with Crippen molar-refractivity contribution in [2.45, 2.75) is 38.6 Å². The number of hydrogen-bond acceptors (Lipinski definition) is 2. The Bertz CT molecular complexity index is 1080. The summed E-state index contributed by atoms with van der Waals surface area (Å²) >= 11 is 3.49. The topological polar surface area (TPSA) is 56.0 Å². The van der Waals surface area contributed by atoms with Crippen molar-refractivity contribution in [1.29, 1.82) is 0 Å². The third kappa shape index (κ3) is 3.78. The molecule has 1 atom stereocenters. The minimum absolute atomic E-state index is 0.00936. The number of aryl methyl sites for hydroxylation is 2. The molecular weight excluding hydrogens is 418 g/mol. The number of nitrogens with one attached hydrogen (secondary N) is 1. The predicted molar refractivity (Wildman–Crippen MR) is 117 cm³/mol. The van der Waals surface area contributed by atoms with Gasteiger partial charge in [-0.15, -0.1) is 0 Å². The summed E-state index contributed by atoms with van der Waals surface area (Å²) < 4.78 is 3.81. The molecule has 3 rings (SSSR count). The van der Waals surface area contributed by atoms with Crippen molar-refractivity contribution >= 4 is 32.9 Å². The van der Waals surface area contributed by atoms with Crippen molar-refractivity contribution in [2.75, 3.05) is 0 Å². The summed E-state index contributed by atoms with van der Waals surface area (Å²) in [4.78, 5) is 25.1. The van der Waals surface area contributed by atoms with Crippen LogP contribution in [0, 0.1) is 0 Å². The van der Waals surface area contributed by atoms with Gasteiger partial charge in [0.1, 0.15) is 0 Å². The quantitative estimate of drug-likeness (QED) is 0.644. The number of carbonyl (C=O) groups excluding carboxylic acids is 1. The molecule has 0 radical (unpaired) electrons. The molecule has 28 heavy (non-hydrogen) atoms. The van der Waals surface area contributed by atoms with E-state index in [1.54, 1.807) is 29.3 Å². The number of carbonyl (C=O) groups is 1. The average Bonchev–Trinajstić information content (AvgIpc) is 2.85. The van der Waals surface area contributed by atoms with Crippen molar-refractivity contribution in [1.82, 2.24) is 14.5 Å². The van der Waals surface area contributed by atoms with E-state index >= 15 is 0 Å². The molecule has 1 amide bonds. The molecule has 6 heteroatoms. The summed E-state index contributed by atoms with van der Waals surface area (Å²) in [5.74, 6) is -0.151. The smallest absolute Gasteiger partial charge is 0.328 e. The lowest BCUT2D eigenvalue weighted by atomic mass is 9.79. The molecule has 0 spiro atoms. The molecule has 0 saturated carbocycles. The Morgan fingerprint density at radius 3 is 2.29 bits per heavy atom.